The molecule has 5 nitrogen and oxygen atoms in total. The summed E-state index contributed by atoms with van der Waals surface area (Å²) in [6.45, 7) is 6.46. The van der Waals surface area contributed by atoms with Gasteiger partial charge in [0.2, 0.25) is 5.91 Å². The van der Waals surface area contributed by atoms with Crippen LogP contribution in [0, 0.1) is 13.8 Å². The molecule has 0 radical (unpaired) electrons. The van der Waals surface area contributed by atoms with Gasteiger partial charge in [0.05, 0.1) is 18.7 Å². The van der Waals surface area contributed by atoms with E-state index in [9.17, 15) is 9.59 Å². The van der Waals surface area contributed by atoms with Crippen molar-refractivity contribution in [3.63, 3.8) is 0 Å². The summed E-state index contributed by atoms with van der Waals surface area (Å²) in [6.07, 6.45) is 0.152. The predicted octanol–water partition coefficient (Wildman–Crippen LogP) is 3.45. The molecule has 0 spiro atoms. The van der Waals surface area contributed by atoms with Gasteiger partial charge in [-0.2, -0.15) is 0 Å². The predicted molar refractivity (Wildman–Crippen MR) is 98.0 cm³/mol. The topological polar surface area (TPSA) is 58.6 Å². The molecule has 0 aliphatic carbocycles. The van der Waals surface area contributed by atoms with E-state index < -0.39 is 6.04 Å². The molecule has 2 aromatic rings. The lowest BCUT2D eigenvalue weighted by Crippen LogP contribution is -2.34. The Morgan fingerprint density at radius 1 is 1.12 bits per heavy atom. The van der Waals surface area contributed by atoms with Gasteiger partial charge in [-0.15, -0.1) is 0 Å². The smallest absolute Gasteiger partial charge is 0.256 e. The van der Waals surface area contributed by atoms with E-state index in [0.717, 1.165) is 22.6 Å². The van der Waals surface area contributed by atoms with Gasteiger partial charge in [0.1, 0.15) is 11.8 Å². The fourth-order valence-corrected chi connectivity index (χ4v) is 2.95. The number of carbonyl (C=O) groups is 2. The molecular weight excluding hydrogens is 316 g/mol. The summed E-state index contributed by atoms with van der Waals surface area (Å²) in [5.41, 5.74) is 3.61. The van der Waals surface area contributed by atoms with Gasteiger partial charge in [0.15, 0.2) is 0 Å². The van der Waals surface area contributed by atoms with Crippen molar-refractivity contribution in [2.45, 2.75) is 33.2 Å². The fraction of sp³-hybridized carbons (Fsp3) is 0.300. The van der Waals surface area contributed by atoms with Crippen molar-refractivity contribution >= 4 is 23.2 Å². The third-order valence-electron chi connectivity index (χ3n) is 4.28. The quantitative estimate of drug-likeness (QED) is 0.849. The molecule has 130 valence electrons. The van der Waals surface area contributed by atoms with Crippen LogP contribution in [0.5, 0.6) is 5.75 Å². The normalized spacial score (nSPS) is 17.1. The van der Waals surface area contributed by atoms with Gasteiger partial charge in [-0.05, 0) is 62.2 Å². The Bertz CT molecular complexity index is 799. The van der Waals surface area contributed by atoms with Crippen LogP contribution in [-0.4, -0.2) is 24.5 Å². The molecular formula is C20H22N2O3. The average Bonchev–Trinajstić information content (AvgIpc) is 2.86. The van der Waals surface area contributed by atoms with Gasteiger partial charge in [0.25, 0.3) is 5.91 Å². The number of nitrogens with one attached hydrogen (secondary N) is 1. The SMILES string of the molecule is CCOc1ccc(N2C(=O)CC(Nc3cc(C)ccc3C)C2=O)cc1. The molecule has 1 atom stereocenters. The standard InChI is InChI=1S/C20H22N2O3/c1-4-25-16-9-7-15(8-10-16)22-19(23)12-18(20(22)24)21-17-11-13(2)5-6-14(17)3/h5-11,18,21H,4,12H2,1-3H3. The van der Waals surface area contributed by atoms with E-state index in [1.165, 1.54) is 4.90 Å². The van der Waals surface area contributed by atoms with E-state index in [1.54, 1.807) is 24.3 Å². The Morgan fingerprint density at radius 3 is 2.52 bits per heavy atom. The Kier molecular flexibility index (Phi) is 4.74. The van der Waals surface area contributed by atoms with Crippen molar-refractivity contribution in [1.82, 2.24) is 0 Å². The molecule has 0 saturated carbocycles. The maximum Gasteiger partial charge on any atom is 0.256 e. The van der Waals surface area contributed by atoms with Crippen LogP contribution in [0.3, 0.4) is 0 Å². The zero-order chi connectivity index (χ0) is 18.0. The molecule has 1 aliphatic rings. The first kappa shape index (κ1) is 17.0. The van der Waals surface area contributed by atoms with E-state index in [1.807, 2.05) is 39.0 Å². The maximum atomic E-state index is 12.7. The van der Waals surface area contributed by atoms with Crippen LogP contribution in [0.25, 0.3) is 0 Å². The first-order chi connectivity index (χ1) is 12.0. The number of carbonyl (C=O) groups excluding carboxylic acids is 2. The third kappa shape index (κ3) is 3.50. The van der Waals surface area contributed by atoms with Crippen LogP contribution in [-0.2, 0) is 9.59 Å². The first-order valence-corrected chi connectivity index (χ1v) is 8.43. The molecule has 3 rings (SSSR count). The number of benzene rings is 2. The highest BCUT2D eigenvalue weighted by atomic mass is 16.5. The summed E-state index contributed by atoms with van der Waals surface area (Å²) in [6, 6.07) is 12.5. The van der Waals surface area contributed by atoms with Crippen molar-refractivity contribution in [3.8, 4) is 5.75 Å². The highest BCUT2D eigenvalue weighted by Gasteiger charge is 2.39. The zero-order valence-electron chi connectivity index (χ0n) is 14.7. The van der Waals surface area contributed by atoms with Crippen LogP contribution >= 0.6 is 0 Å². The molecule has 0 bridgehead atoms. The largest absolute Gasteiger partial charge is 0.494 e. The van der Waals surface area contributed by atoms with E-state index in [-0.39, 0.29) is 18.2 Å². The minimum atomic E-state index is -0.542. The highest BCUT2D eigenvalue weighted by Crippen LogP contribution is 2.27. The Balaban J connectivity index is 1.79. The molecule has 0 aromatic heterocycles. The molecule has 1 fully saturated rings. The van der Waals surface area contributed by atoms with Crippen molar-refractivity contribution < 1.29 is 14.3 Å². The van der Waals surface area contributed by atoms with Crippen molar-refractivity contribution in [1.29, 1.82) is 0 Å². The number of amides is 2. The Hall–Kier alpha value is -2.82. The summed E-state index contributed by atoms with van der Waals surface area (Å²) in [5.74, 6) is 0.294. The summed E-state index contributed by atoms with van der Waals surface area (Å²) in [7, 11) is 0. The lowest BCUT2D eigenvalue weighted by Gasteiger charge is -2.17. The first-order valence-electron chi connectivity index (χ1n) is 8.43. The van der Waals surface area contributed by atoms with Crippen LogP contribution in [0.1, 0.15) is 24.5 Å². The third-order valence-corrected chi connectivity index (χ3v) is 4.28. The number of nitrogens with zero attached hydrogens (tertiary/aromatic N) is 1. The van der Waals surface area contributed by atoms with Crippen molar-refractivity contribution in [3.05, 3.63) is 53.6 Å². The van der Waals surface area contributed by atoms with E-state index >= 15 is 0 Å². The van der Waals surface area contributed by atoms with Gasteiger partial charge in [-0.1, -0.05) is 12.1 Å². The van der Waals surface area contributed by atoms with Crippen LogP contribution in [0.4, 0.5) is 11.4 Å². The summed E-state index contributed by atoms with van der Waals surface area (Å²) in [4.78, 5) is 26.4. The van der Waals surface area contributed by atoms with Gasteiger partial charge >= 0.3 is 0 Å². The van der Waals surface area contributed by atoms with Crippen LogP contribution in [0.15, 0.2) is 42.5 Å². The van der Waals surface area contributed by atoms with E-state index in [4.69, 9.17) is 4.74 Å². The second-order valence-electron chi connectivity index (χ2n) is 6.21. The number of imide groups is 1. The lowest BCUT2D eigenvalue weighted by atomic mass is 10.1. The zero-order valence-corrected chi connectivity index (χ0v) is 14.7. The van der Waals surface area contributed by atoms with Crippen molar-refractivity contribution in [2.75, 3.05) is 16.8 Å². The summed E-state index contributed by atoms with van der Waals surface area (Å²) >= 11 is 0. The van der Waals surface area contributed by atoms with Crippen LogP contribution in [0.2, 0.25) is 0 Å². The summed E-state index contributed by atoms with van der Waals surface area (Å²) in [5, 5.41) is 3.22. The van der Waals surface area contributed by atoms with Crippen molar-refractivity contribution in [2.24, 2.45) is 0 Å². The fourth-order valence-electron chi connectivity index (χ4n) is 2.95. The van der Waals surface area contributed by atoms with E-state index in [0.29, 0.717) is 12.3 Å². The molecule has 2 amide bonds. The molecule has 2 aromatic carbocycles. The van der Waals surface area contributed by atoms with E-state index in [2.05, 4.69) is 5.32 Å². The highest BCUT2D eigenvalue weighted by molar-refractivity contribution is 6.23. The van der Waals surface area contributed by atoms with Gasteiger partial charge in [-0.25, -0.2) is 4.90 Å². The molecule has 5 heteroatoms. The monoisotopic (exact) mass is 338 g/mol. The second kappa shape index (κ2) is 6.97. The maximum absolute atomic E-state index is 12.7. The lowest BCUT2D eigenvalue weighted by molar-refractivity contribution is -0.121. The minimum Gasteiger partial charge on any atom is -0.494 e. The number of aryl methyl sites for hydroxylation is 2. The number of rotatable bonds is 5. The van der Waals surface area contributed by atoms with Crippen LogP contribution < -0.4 is 15.0 Å². The average molecular weight is 338 g/mol. The molecule has 1 saturated heterocycles. The number of ether oxygens (including phenoxy) is 1. The minimum absolute atomic E-state index is 0.152. The second-order valence-corrected chi connectivity index (χ2v) is 6.21. The molecule has 1 unspecified atom stereocenters. The molecule has 1 aliphatic heterocycles. The number of hydrogen-bond donors (Lipinski definition) is 1. The van der Waals surface area contributed by atoms with Gasteiger partial charge < -0.3 is 10.1 Å². The molecule has 25 heavy (non-hydrogen) atoms. The molecule has 1 heterocycles. The Morgan fingerprint density at radius 2 is 1.84 bits per heavy atom. The van der Waals surface area contributed by atoms with Gasteiger partial charge in [-0.3, -0.25) is 9.59 Å². The van der Waals surface area contributed by atoms with Gasteiger partial charge in [0, 0.05) is 5.69 Å². The summed E-state index contributed by atoms with van der Waals surface area (Å²) < 4.78 is 5.40. The molecule has 1 N–H and O–H groups in total. The number of hydrogen-bond acceptors (Lipinski definition) is 4. The Labute approximate surface area is 147 Å². The number of anilines is 2.